The molecular weight excluding hydrogens is 274 g/mol. The lowest BCUT2D eigenvalue weighted by molar-refractivity contribution is -0.144. The number of carboxylic acid groups (broad SMARTS) is 1. The summed E-state index contributed by atoms with van der Waals surface area (Å²) in [6.45, 7) is 3.41. The number of carbonyl (C=O) groups is 3. The summed E-state index contributed by atoms with van der Waals surface area (Å²) in [5.41, 5.74) is 4.41. The summed E-state index contributed by atoms with van der Waals surface area (Å²) in [7, 11) is 0. The predicted molar refractivity (Wildman–Crippen MR) is 75.3 cm³/mol. The Morgan fingerprint density at radius 1 is 1.24 bits per heavy atom. The SMILES string of the molecule is CC(C)(CNC(=O)NC1C2CCC(C2)C1C(=O)O)C(N)=O. The number of carbonyl (C=O) groups excluding carboxylic acids is 2. The van der Waals surface area contributed by atoms with Gasteiger partial charge in [0, 0.05) is 12.6 Å². The first-order valence-corrected chi connectivity index (χ1v) is 7.29. The van der Waals surface area contributed by atoms with E-state index in [-0.39, 0.29) is 24.4 Å². The Morgan fingerprint density at radius 2 is 1.86 bits per heavy atom. The van der Waals surface area contributed by atoms with Gasteiger partial charge in [-0.15, -0.1) is 0 Å². The second-order valence-corrected chi connectivity index (χ2v) is 6.80. The minimum atomic E-state index is -0.843. The second-order valence-electron chi connectivity index (χ2n) is 6.80. The third kappa shape index (κ3) is 3.11. The predicted octanol–water partition coefficient (Wildman–Crippen LogP) is 0.296. The molecule has 2 bridgehead atoms. The van der Waals surface area contributed by atoms with Gasteiger partial charge in [-0.1, -0.05) is 0 Å². The van der Waals surface area contributed by atoms with Crippen LogP contribution in [0.1, 0.15) is 33.1 Å². The number of nitrogens with one attached hydrogen (secondary N) is 2. The van der Waals surface area contributed by atoms with Crippen LogP contribution in [0, 0.1) is 23.2 Å². The van der Waals surface area contributed by atoms with Gasteiger partial charge in [-0.25, -0.2) is 4.79 Å². The number of amides is 3. The summed E-state index contributed by atoms with van der Waals surface area (Å²) in [6.07, 6.45) is 2.76. The fourth-order valence-corrected chi connectivity index (χ4v) is 3.45. The molecular formula is C14H23N3O4. The third-order valence-electron chi connectivity index (χ3n) is 4.86. The van der Waals surface area contributed by atoms with Gasteiger partial charge in [-0.3, -0.25) is 9.59 Å². The molecule has 2 fully saturated rings. The monoisotopic (exact) mass is 297 g/mol. The first-order chi connectivity index (χ1) is 9.72. The fourth-order valence-electron chi connectivity index (χ4n) is 3.45. The Labute approximate surface area is 123 Å². The number of hydrogen-bond donors (Lipinski definition) is 4. The second kappa shape index (κ2) is 5.54. The van der Waals surface area contributed by atoms with Crippen molar-refractivity contribution in [1.29, 1.82) is 0 Å². The molecule has 0 aliphatic heterocycles. The fraction of sp³-hybridized carbons (Fsp3) is 0.786. The molecule has 2 saturated carbocycles. The van der Waals surface area contributed by atoms with Gasteiger partial charge >= 0.3 is 12.0 Å². The Hall–Kier alpha value is -1.79. The van der Waals surface area contributed by atoms with E-state index in [0.717, 1.165) is 19.3 Å². The van der Waals surface area contributed by atoms with Gasteiger partial charge in [0.15, 0.2) is 0 Å². The van der Waals surface area contributed by atoms with E-state index < -0.39 is 29.2 Å². The Balaban J connectivity index is 1.90. The van der Waals surface area contributed by atoms with Crippen LogP contribution < -0.4 is 16.4 Å². The molecule has 0 saturated heterocycles. The molecule has 0 aromatic rings. The van der Waals surface area contributed by atoms with E-state index in [0.29, 0.717) is 0 Å². The highest BCUT2D eigenvalue weighted by Gasteiger charge is 2.51. The zero-order valence-electron chi connectivity index (χ0n) is 12.4. The highest BCUT2D eigenvalue weighted by molar-refractivity contribution is 5.82. The molecule has 0 aromatic heterocycles. The van der Waals surface area contributed by atoms with E-state index in [2.05, 4.69) is 10.6 Å². The molecule has 4 unspecified atom stereocenters. The molecule has 2 aliphatic carbocycles. The number of carboxylic acids is 1. The standard InChI is InChI=1S/C14H23N3O4/c1-14(2,12(15)20)6-16-13(21)17-10-8-4-3-7(5-8)9(10)11(18)19/h7-10H,3-6H2,1-2H3,(H2,15,20)(H,18,19)(H2,16,17,21). The molecule has 2 aliphatic rings. The van der Waals surface area contributed by atoms with Crippen LogP contribution in [0.4, 0.5) is 4.79 Å². The van der Waals surface area contributed by atoms with Gasteiger partial charge < -0.3 is 21.5 Å². The number of hydrogen-bond acceptors (Lipinski definition) is 3. The Morgan fingerprint density at radius 3 is 2.43 bits per heavy atom. The van der Waals surface area contributed by atoms with Crippen LogP contribution in [0.5, 0.6) is 0 Å². The summed E-state index contributed by atoms with van der Waals surface area (Å²) in [5, 5.41) is 14.7. The molecule has 0 aromatic carbocycles. The lowest BCUT2D eigenvalue weighted by Gasteiger charge is -2.29. The van der Waals surface area contributed by atoms with Crippen molar-refractivity contribution in [3.8, 4) is 0 Å². The molecule has 4 atom stereocenters. The number of primary amides is 1. The molecule has 0 spiro atoms. The largest absolute Gasteiger partial charge is 0.481 e. The third-order valence-corrected chi connectivity index (χ3v) is 4.86. The Bertz CT molecular complexity index is 463. The number of aliphatic carboxylic acids is 1. The Kier molecular flexibility index (Phi) is 4.11. The molecule has 7 nitrogen and oxygen atoms in total. The normalized spacial score (nSPS) is 31.0. The summed E-state index contributed by atoms with van der Waals surface area (Å²) in [4.78, 5) is 34.5. The van der Waals surface area contributed by atoms with Crippen LogP contribution >= 0.6 is 0 Å². The van der Waals surface area contributed by atoms with Crippen molar-refractivity contribution in [1.82, 2.24) is 10.6 Å². The topological polar surface area (TPSA) is 122 Å². The smallest absolute Gasteiger partial charge is 0.315 e. The van der Waals surface area contributed by atoms with Gasteiger partial charge in [0.25, 0.3) is 0 Å². The van der Waals surface area contributed by atoms with Gasteiger partial charge in [-0.05, 0) is 44.9 Å². The summed E-state index contributed by atoms with van der Waals surface area (Å²) < 4.78 is 0. The summed E-state index contributed by atoms with van der Waals surface area (Å²) in [5.74, 6) is -1.43. The minimum Gasteiger partial charge on any atom is -0.481 e. The van der Waals surface area contributed by atoms with Gasteiger partial charge in [0.2, 0.25) is 5.91 Å². The van der Waals surface area contributed by atoms with Crippen molar-refractivity contribution in [2.24, 2.45) is 28.9 Å². The molecule has 118 valence electrons. The van der Waals surface area contributed by atoms with Crippen LogP contribution in [-0.4, -0.2) is 35.6 Å². The molecule has 3 amide bonds. The van der Waals surface area contributed by atoms with E-state index in [4.69, 9.17) is 5.73 Å². The molecule has 5 N–H and O–H groups in total. The number of nitrogens with two attached hydrogens (primary N) is 1. The van der Waals surface area contributed by atoms with E-state index >= 15 is 0 Å². The lowest BCUT2D eigenvalue weighted by Crippen LogP contribution is -2.52. The molecule has 0 heterocycles. The van der Waals surface area contributed by atoms with Gasteiger partial charge in [0.1, 0.15) is 0 Å². The van der Waals surface area contributed by atoms with Crippen molar-refractivity contribution in [3.63, 3.8) is 0 Å². The zero-order valence-corrected chi connectivity index (χ0v) is 12.4. The van der Waals surface area contributed by atoms with Crippen LogP contribution in [0.15, 0.2) is 0 Å². The number of urea groups is 1. The molecule has 7 heteroatoms. The lowest BCUT2D eigenvalue weighted by atomic mass is 9.84. The van der Waals surface area contributed by atoms with E-state index in [1.807, 2.05) is 0 Å². The maximum atomic E-state index is 11.9. The van der Waals surface area contributed by atoms with E-state index in [1.165, 1.54) is 0 Å². The molecule has 2 rings (SSSR count). The van der Waals surface area contributed by atoms with Gasteiger partial charge in [-0.2, -0.15) is 0 Å². The average Bonchev–Trinajstić information content (AvgIpc) is 2.96. The maximum Gasteiger partial charge on any atom is 0.315 e. The highest BCUT2D eigenvalue weighted by atomic mass is 16.4. The van der Waals surface area contributed by atoms with Crippen molar-refractivity contribution in [2.75, 3.05) is 6.54 Å². The van der Waals surface area contributed by atoms with Crippen LogP contribution in [0.3, 0.4) is 0 Å². The molecule has 21 heavy (non-hydrogen) atoms. The molecule has 0 radical (unpaired) electrons. The average molecular weight is 297 g/mol. The van der Waals surface area contributed by atoms with E-state index in [1.54, 1.807) is 13.8 Å². The highest BCUT2D eigenvalue weighted by Crippen LogP contribution is 2.48. The summed E-state index contributed by atoms with van der Waals surface area (Å²) in [6, 6.07) is -0.758. The maximum absolute atomic E-state index is 11.9. The first kappa shape index (κ1) is 15.6. The zero-order chi connectivity index (χ0) is 15.8. The number of rotatable bonds is 5. The van der Waals surface area contributed by atoms with Crippen molar-refractivity contribution in [2.45, 2.75) is 39.2 Å². The van der Waals surface area contributed by atoms with Crippen LogP contribution in [0.2, 0.25) is 0 Å². The minimum absolute atomic E-state index is 0.118. The van der Waals surface area contributed by atoms with Crippen molar-refractivity contribution < 1.29 is 19.5 Å². The number of fused-ring (bicyclic) bond motifs is 2. The quantitative estimate of drug-likeness (QED) is 0.583. The van der Waals surface area contributed by atoms with Crippen LogP contribution in [0.25, 0.3) is 0 Å². The van der Waals surface area contributed by atoms with Crippen molar-refractivity contribution >= 4 is 17.9 Å². The first-order valence-electron chi connectivity index (χ1n) is 7.29. The summed E-state index contributed by atoms with van der Waals surface area (Å²) >= 11 is 0. The van der Waals surface area contributed by atoms with Crippen molar-refractivity contribution in [3.05, 3.63) is 0 Å². The van der Waals surface area contributed by atoms with Crippen LogP contribution in [-0.2, 0) is 9.59 Å². The van der Waals surface area contributed by atoms with Gasteiger partial charge in [0.05, 0.1) is 11.3 Å². The van der Waals surface area contributed by atoms with E-state index in [9.17, 15) is 19.5 Å².